The fourth-order valence-corrected chi connectivity index (χ4v) is 1.86. The SMILES string of the molecule is COC[C@H](CO)NC(=O)CCc1ccc(N(C)C)cc1. The van der Waals surface area contributed by atoms with E-state index in [1.54, 1.807) is 7.11 Å². The monoisotopic (exact) mass is 280 g/mol. The van der Waals surface area contributed by atoms with E-state index in [0.717, 1.165) is 11.3 Å². The van der Waals surface area contributed by atoms with E-state index in [9.17, 15) is 4.79 Å². The summed E-state index contributed by atoms with van der Waals surface area (Å²) < 4.78 is 4.91. The first kappa shape index (κ1) is 16.5. The maximum absolute atomic E-state index is 11.7. The molecule has 1 amide bonds. The zero-order valence-corrected chi connectivity index (χ0v) is 12.4. The number of carbonyl (C=O) groups is 1. The summed E-state index contributed by atoms with van der Waals surface area (Å²) in [4.78, 5) is 13.8. The number of hydrogen-bond donors (Lipinski definition) is 2. The van der Waals surface area contributed by atoms with Gasteiger partial charge in [-0.25, -0.2) is 0 Å². The van der Waals surface area contributed by atoms with Crippen molar-refractivity contribution in [1.82, 2.24) is 5.32 Å². The Morgan fingerprint density at radius 3 is 2.50 bits per heavy atom. The molecule has 0 saturated heterocycles. The van der Waals surface area contributed by atoms with Crippen LogP contribution in [-0.2, 0) is 16.0 Å². The Bertz CT molecular complexity index is 404. The summed E-state index contributed by atoms with van der Waals surface area (Å²) in [6.45, 7) is 0.205. The molecule has 0 unspecified atom stereocenters. The first-order valence-corrected chi connectivity index (χ1v) is 6.72. The molecule has 20 heavy (non-hydrogen) atoms. The number of carbonyl (C=O) groups excluding carboxylic acids is 1. The Morgan fingerprint density at radius 2 is 2.00 bits per heavy atom. The second kappa shape index (κ2) is 8.55. The third-order valence-electron chi connectivity index (χ3n) is 3.05. The lowest BCUT2D eigenvalue weighted by Gasteiger charge is -2.15. The Hall–Kier alpha value is -1.59. The van der Waals surface area contributed by atoms with Gasteiger partial charge in [-0.15, -0.1) is 0 Å². The van der Waals surface area contributed by atoms with Gasteiger partial charge in [-0.2, -0.15) is 0 Å². The van der Waals surface area contributed by atoms with Gasteiger partial charge in [0.15, 0.2) is 0 Å². The topological polar surface area (TPSA) is 61.8 Å². The van der Waals surface area contributed by atoms with Crippen LogP contribution in [0.3, 0.4) is 0 Å². The smallest absolute Gasteiger partial charge is 0.220 e. The lowest BCUT2D eigenvalue weighted by Crippen LogP contribution is -2.40. The molecule has 5 nitrogen and oxygen atoms in total. The third-order valence-corrected chi connectivity index (χ3v) is 3.05. The molecular formula is C15H24N2O3. The van der Waals surface area contributed by atoms with Crippen LogP contribution in [0, 0.1) is 0 Å². The van der Waals surface area contributed by atoms with Crippen molar-refractivity contribution in [3.8, 4) is 0 Å². The van der Waals surface area contributed by atoms with Gasteiger partial charge in [-0.3, -0.25) is 4.79 Å². The first-order chi connectivity index (χ1) is 9.56. The Morgan fingerprint density at radius 1 is 1.35 bits per heavy atom. The van der Waals surface area contributed by atoms with Crippen LogP contribution in [-0.4, -0.2) is 51.5 Å². The zero-order valence-electron chi connectivity index (χ0n) is 12.4. The summed E-state index contributed by atoms with van der Waals surface area (Å²) in [5.74, 6) is -0.0715. The number of hydrogen-bond acceptors (Lipinski definition) is 4. The highest BCUT2D eigenvalue weighted by Crippen LogP contribution is 2.13. The molecule has 0 aromatic heterocycles. The molecule has 0 heterocycles. The van der Waals surface area contributed by atoms with E-state index in [1.165, 1.54) is 0 Å². The van der Waals surface area contributed by atoms with Crippen LogP contribution in [0.5, 0.6) is 0 Å². The van der Waals surface area contributed by atoms with Crippen LogP contribution in [0.4, 0.5) is 5.69 Å². The summed E-state index contributed by atoms with van der Waals surface area (Å²) in [6, 6.07) is 7.80. The Labute approximate surface area is 120 Å². The minimum atomic E-state index is -0.330. The van der Waals surface area contributed by atoms with Crippen molar-refractivity contribution in [2.75, 3.05) is 39.3 Å². The van der Waals surface area contributed by atoms with E-state index in [1.807, 2.05) is 43.3 Å². The number of anilines is 1. The second-order valence-electron chi connectivity index (χ2n) is 4.96. The van der Waals surface area contributed by atoms with Crippen LogP contribution in [0.2, 0.25) is 0 Å². The summed E-state index contributed by atoms with van der Waals surface area (Å²) in [7, 11) is 5.53. The van der Waals surface area contributed by atoms with Crippen molar-refractivity contribution in [3.63, 3.8) is 0 Å². The molecular weight excluding hydrogens is 256 g/mol. The van der Waals surface area contributed by atoms with Gasteiger partial charge in [0.2, 0.25) is 5.91 Å². The quantitative estimate of drug-likeness (QED) is 0.740. The molecule has 1 aromatic carbocycles. The summed E-state index contributed by atoms with van der Waals surface area (Å²) in [5.41, 5.74) is 2.26. The van der Waals surface area contributed by atoms with Crippen LogP contribution in [0.15, 0.2) is 24.3 Å². The molecule has 1 rings (SSSR count). The Balaban J connectivity index is 2.40. The van der Waals surface area contributed by atoms with Crippen LogP contribution in [0.1, 0.15) is 12.0 Å². The molecule has 112 valence electrons. The van der Waals surface area contributed by atoms with Crippen molar-refractivity contribution in [2.45, 2.75) is 18.9 Å². The van der Waals surface area contributed by atoms with Crippen LogP contribution < -0.4 is 10.2 Å². The summed E-state index contributed by atoms with van der Waals surface area (Å²) >= 11 is 0. The first-order valence-electron chi connectivity index (χ1n) is 6.72. The molecule has 0 saturated carbocycles. The molecule has 0 aliphatic carbocycles. The highest BCUT2D eigenvalue weighted by molar-refractivity contribution is 5.76. The molecule has 0 radical (unpaired) electrons. The van der Waals surface area contributed by atoms with Gasteiger partial charge in [0.25, 0.3) is 0 Å². The van der Waals surface area contributed by atoms with Crippen molar-refractivity contribution < 1.29 is 14.6 Å². The number of aliphatic hydroxyl groups excluding tert-OH is 1. The minimum Gasteiger partial charge on any atom is -0.394 e. The van der Waals surface area contributed by atoms with Gasteiger partial charge in [0.05, 0.1) is 19.3 Å². The average Bonchev–Trinajstić information content (AvgIpc) is 2.45. The lowest BCUT2D eigenvalue weighted by molar-refractivity contribution is -0.122. The second-order valence-corrected chi connectivity index (χ2v) is 4.96. The fourth-order valence-electron chi connectivity index (χ4n) is 1.86. The molecule has 5 heteroatoms. The number of aliphatic hydroxyl groups is 1. The fraction of sp³-hybridized carbons (Fsp3) is 0.533. The third kappa shape index (κ3) is 5.59. The molecule has 0 aliphatic heterocycles. The van der Waals surface area contributed by atoms with E-state index in [-0.39, 0.29) is 18.6 Å². The number of rotatable bonds is 8. The van der Waals surface area contributed by atoms with E-state index in [4.69, 9.17) is 9.84 Å². The standard InChI is InChI=1S/C15H24N2O3/c1-17(2)14-7-4-12(5-8-14)6-9-15(19)16-13(10-18)11-20-3/h4-5,7-8,13,18H,6,9-11H2,1-3H3,(H,16,19)/t13-/m0/s1. The van der Waals surface area contributed by atoms with Crippen LogP contribution in [0.25, 0.3) is 0 Å². The number of nitrogens with zero attached hydrogens (tertiary/aromatic N) is 1. The predicted octanol–water partition coefficient (Wildman–Crippen LogP) is 0.809. The number of aryl methyl sites for hydroxylation is 1. The van der Waals surface area contributed by atoms with E-state index < -0.39 is 0 Å². The van der Waals surface area contributed by atoms with Gasteiger partial charge in [0, 0.05) is 33.3 Å². The maximum Gasteiger partial charge on any atom is 0.220 e. The van der Waals surface area contributed by atoms with Crippen molar-refractivity contribution in [1.29, 1.82) is 0 Å². The molecule has 0 fully saturated rings. The molecule has 0 bridgehead atoms. The molecule has 0 aliphatic rings. The van der Waals surface area contributed by atoms with Crippen LogP contribution >= 0.6 is 0 Å². The number of methoxy groups -OCH3 is 1. The minimum absolute atomic E-state index is 0.0715. The van der Waals surface area contributed by atoms with Crippen molar-refractivity contribution >= 4 is 11.6 Å². The highest BCUT2D eigenvalue weighted by atomic mass is 16.5. The molecule has 0 spiro atoms. The number of nitrogens with one attached hydrogen (secondary N) is 1. The summed E-state index contributed by atoms with van der Waals surface area (Å²) in [6.07, 6.45) is 1.09. The number of benzene rings is 1. The van der Waals surface area contributed by atoms with Crippen molar-refractivity contribution in [2.24, 2.45) is 0 Å². The Kier molecular flexibility index (Phi) is 7.04. The average molecular weight is 280 g/mol. The van der Waals surface area contributed by atoms with Gasteiger partial charge in [0.1, 0.15) is 0 Å². The number of ether oxygens (including phenoxy) is 1. The van der Waals surface area contributed by atoms with Gasteiger partial charge in [-0.05, 0) is 24.1 Å². The van der Waals surface area contributed by atoms with Crippen molar-refractivity contribution in [3.05, 3.63) is 29.8 Å². The zero-order chi connectivity index (χ0) is 15.0. The maximum atomic E-state index is 11.7. The molecule has 1 aromatic rings. The highest BCUT2D eigenvalue weighted by Gasteiger charge is 2.10. The normalized spacial score (nSPS) is 12.0. The van der Waals surface area contributed by atoms with E-state index in [0.29, 0.717) is 19.4 Å². The van der Waals surface area contributed by atoms with E-state index in [2.05, 4.69) is 5.32 Å². The predicted molar refractivity (Wildman–Crippen MR) is 80.0 cm³/mol. The molecule has 2 N–H and O–H groups in total. The number of amides is 1. The lowest BCUT2D eigenvalue weighted by atomic mass is 10.1. The largest absolute Gasteiger partial charge is 0.394 e. The van der Waals surface area contributed by atoms with Gasteiger partial charge < -0.3 is 20.1 Å². The summed E-state index contributed by atoms with van der Waals surface area (Å²) in [5, 5.41) is 11.8. The van der Waals surface area contributed by atoms with Gasteiger partial charge >= 0.3 is 0 Å². The van der Waals surface area contributed by atoms with Gasteiger partial charge in [-0.1, -0.05) is 12.1 Å². The van der Waals surface area contributed by atoms with E-state index >= 15 is 0 Å². The molecule has 1 atom stereocenters.